The number of carbonyl (C=O) groups is 3. The molecular formula is C34H50N4O5. The molecule has 2 bridgehead atoms. The Morgan fingerprint density at radius 2 is 1.67 bits per heavy atom. The monoisotopic (exact) mass is 594 g/mol. The zero-order valence-electron chi connectivity index (χ0n) is 27.0. The number of aliphatic hydroxyl groups is 1. The summed E-state index contributed by atoms with van der Waals surface area (Å²) in [7, 11) is 1.70. The normalized spacial score (nSPS) is 29.9. The Hall–Kier alpha value is -3.17. The molecule has 43 heavy (non-hydrogen) atoms. The largest absolute Gasteiger partial charge is 0.394 e. The fraction of sp³-hybridized carbons (Fsp3) is 0.618. The third kappa shape index (κ3) is 5.08. The summed E-state index contributed by atoms with van der Waals surface area (Å²) in [6, 6.07) is 6.21. The van der Waals surface area contributed by atoms with Crippen LogP contribution in [-0.4, -0.2) is 95.7 Å². The third-order valence-corrected chi connectivity index (χ3v) is 10.2. The Kier molecular flexibility index (Phi) is 9.47. The van der Waals surface area contributed by atoms with Crippen LogP contribution >= 0.6 is 0 Å². The maximum absolute atomic E-state index is 14.9. The first-order valence-corrected chi connectivity index (χ1v) is 15.6. The molecule has 9 heteroatoms. The van der Waals surface area contributed by atoms with Gasteiger partial charge in [-0.3, -0.25) is 14.4 Å². The highest BCUT2D eigenvalue weighted by Gasteiger charge is 2.80. The molecule has 0 saturated carbocycles. The van der Waals surface area contributed by atoms with E-state index >= 15 is 0 Å². The molecule has 9 nitrogen and oxygen atoms in total. The van der Waals surface area contributed by atoms with Crippen molar-refractivity contribution in [3.8, 4) is 0 Å². The Labute approximate surface area is 257 Å². The van der Waals surface area contributed by atoms with E-state index in [-0.39, 0.29) is 42.7 Å². The molecule has 3 heterocycles. The zero-order chi connectivity index (χ0) is 31.9. The van der Waals surface area contributed by atoms with Crippen molar-refractivity contribution in [2.45, 2.75) is 71.2 Å². The zero-order valence-corrected chi connectivity index (χ0v) is 27.0. The van der Waals surface area contributed by atoms with Gasteiger partial charge in [0.05, 0.1) is 30.1 Å². The van der Waals surface area contributed by atoms with Gasteiger partial charge in [-0.1, -0.05) is 32.9 Å². The van der Waals surface area contributed by atoms with Gasteiger partial charge in [0, 0.05) is 44.6 Å². The minimum absolute atomic E-state index is 0.0780. The van der Waals surface area contributed by atoms with Crippen molar-refractivity contribution in [1.82, 2.24) is 9.80 Å². The molecule has 7 atom stereocenters. The van der Waals surface area contributed by atoms with Crippen LogP contribution in [0.4, 0.5) is 11.4 Å². The highest BCUT2D eigenvalue weighted by Crippen LogP contribution is 2.66. The second-order valence-electron chi connectivity index (χ2n) is 12.9. The number of rotatable bonds is 13. The van der Waals surface area contributed by atoms with Crippen LogP contribution in [0.15, 0.2) is 49.6 Å². The first-order chi connectivity index (χ1) is 20.4. The summed E-state index contributed by atoms with van der Waals surface area (Å²) in [5, 5.41) is 10.6. The maximum atomic E-state index is 14.9. The van der Waals surface area contributed by atoms with E-state index in [2.05, 4.69) is 31.9 Å². The van der Waals surface area contributed by atoms with Gasteiger partial charge in [0.1, 0.15) is 11.6 Å². The van der Waals surface area contributed by atoms with Gasteiger partial charge < -0.3 is 29.4 Å². The van der Waals surface area contributed by atoms with E-state index in [0.29, 0.717) is 18.7 Å². The Bertz CT molecular complexity index is 1230. The Balaban J connectivity index is 1.85. The number of carbonyl (C=O) groups excluding carboxylic acids is 3. The number of hydrogen-bond acceptors (Lipinski definition) is 6. The summed E-state index contributed by atoms with van der Waals surface area (Å²) in [6.07, 6.45) is 3.79. The molecule has 3 unspecified atom stereocenters. The molecule has 236 valence electrons. The van der Waals surface area contributed by atoms with Crippen LogP contribution in [0.25, 0.3) is 0 Å². The Morgan fingerprint density at radius 3 is 2.19 bits per heavy atom. The van der Waals surface area contributed by atoms with Gasteiger partial charge in [-0.05, 0) is 63.3 Å². The lowest BCUT2D eigenvalue weighted by Gasteiger charge is -2.40. The van der Waals surface area contributed by atoms with Crippen LogP contribution in [0.1, 0.15) is 48.0 Å². The van der Waals surface area contributed by atoms with Crippen molar-refractivity contribution in [3.63, 3.8) is 0 Å². The molecule has 1 N–H and O–H groups in total. The highest BCUT2D eigenvalue weighted by molar-refractivity contribution is 6.05. The van der Waals surface area contributed by atoms with Crippen LogP contribution in [0.2, 0.25) is 0 Å². The van der Waals surface area contributed by atoms with E-state index in [9.17, 15) is 19.5 Å². The second-order valence-corrected chi connectivity index (χ2v) is 12.9. The molecular weight excluding hydrogens is 544 g/mol. The fourth-order valence-electron chi connectivity index (χ4n) is 7.86. The summed E-state index contributed by atoms with van der Waals surface area (Å²) in [4.78, 5) is 50.5. The number of benzene rings is 1. The van der Waals surface area contributed by atoms with E-state index in [1.165, 1.54) is 0 Å². The first kappa shape index (κ1) is 32.7. The minimum atomic E-state index is -1.21. The van der Waals surface area contributed by atoms with Gasteiger partial charge in [0.2, 0.25) is 11.8 Å². The molecule has 3 saturated heterocycles. The molecule has 3 fully saturated rings. The van der Waals surface area contributed by atoms with Crippen LogP contribution in [0.3, 0.4) is 0 Å². The predicted octanol–water partition coefficient (Wildman–Crippen LogP) is 3.72. The highest BCUT2D eigenvalue weighted by atomic mass is 16.5. The summed E-state index contributed by atoms with van der Waals surface area (Å²) >= 11 is 0. The number of amides is 3. The van der Waals surface area contributed by atoms with Crippen molar-refractivity contribution in [2.75, 3.05) is 49.6 Å². The lowest BCUT2D eigenvalue weighted by molar-refractivity contribution is -0.154. The van der Waals surface area contributed by atoms with Crippen molar-refractivity contribution in [2.24, 2.45) is 23.7 Å². The predicted molar refractivity (Wildman–Crippen MR) is 170 cm³/mol. The number of ether oxygens (including phenoxy) is 1. The van der Waals surface area contributed by atoms with E-state index in [1.54, 1.807) is 33.9 Å². The molecule has 1 aromatic carbocycles. The van der Waals surface area contributed by atoms with Crippen molar-refractivity contribution in [1.29, 1.82) is 0 Å². The average Bonchev–Trinajstić information content (AvgIpc) is 3.49. The van der Waals surface area contributed by atoms with Gasteiger partial charge in [-0.2, -0.15) is 0 Å². The number of hydrogen-bond donors (Lipinski definition) is 1. The summed E-state index contributed by atoms with van der Waals surface area (Å²) in [5.41, 5.74) is -0.386. The van der Waals surface area contributed by atoms with Crippen LogP contribution < -0.4 is 9.80 Å². The molecule has 4 rings (SSSR count). The number of likely N-dealkylation sites (tertiary alicyclic amines) is 1. The van der Waals surface area contributed by atoms with Gasteiger partial charge in [-0.25, -0.2) is 0 Å². The molecule has 1 aromatic rings. The van der Waals surface area contributed by atoms with Gasteiger partial charge >= 0.3 is 0 Å². The minimum Gasteiger partial charge on any atom is -0.394 e. The topological polar surface area (TPSA) is 93.6 Å². The lowest BCUT2D eigenvalue weighted by Crippen LogP contribution is -2.60. The van der Waals surface area contributed by atoms with E-state index in [1.807, 2.05) is 52.0 Å². The van der Waals surface area contributed by atoms with Gasteiger partial charge in [0.25, 0.3) is 5.91 Å². The van der Waals surface area contributed by atoms with Crippen LogP contribution in [-0.2, 0) is 19.1 Å². The number of anilines is 2. The number of nitrogens with zero attached hydrogens (tertiary/aromatic N) is 4. The van der Waals surface area contributed by atoms with Crippen molar-refractivity contribution < 1.29 is 24.2 Å². The third-order valence-electron chi connectivity index (χ3n) is 10.2. The number of likely N-dealkylation sites (N-methyl/N-ethyl adjacent to an activating group) is 1. The SMILES string of the molecule is C=CCN(C)C(=O)[C@@H]1[C@H]2C(=O)N([C@@H](CO)C(C)C)C(C(=O)N(CC=C)c3ccc(N(CC)CC)cc3)C23CC(C)[C@@]1(C)O3. The molecule has 3 aliphatic heterocycles. The molecule has 1 spiro atoms. The standard InChI is InChI=1S/C34H50N4O5/c1-10-18-35(9)30(40)27-28-31(41)38(26(21-39)22(5)6)29(34(28)20-23(7)33(27,8)43-34)32(42)37(19-11-2)25-16-14-24(15-17-25)36(12-3)13-4/h10-11,14-17,22-23,26-29,39H,1-2,12-13,18-21H2,3-9H3/t23?,26-,27-,28-,29?,33+,34?/m0/s1. The van der Waals surface area contributed by atoms with E-state index in [0.717, 1.165) is 18.8 Å². The molecule has 0 aromatic heterocycles. The van der Waals surface area contributed by atoms with Crippen LogP contribution in [0, 0.1) is 23.7 Å². The first-order valence-electron chi connectivity index (χ1n) is 15.6. The molecule has 0 radical (unpaired) electrons. The van der Waals surface area contributed by atoms with Crippen molar-refractivity contribution >= 4 is 29.1 Å². The fourth-order valence-corrected chi connectivity index (χ4v) is 7.86. The summed E-state index contributed by atoms with van der Waals surface area (Å²) in [5.74, 6) is -2.61. The number of aliphatic hydroxyl groups excluding tert-OH is 1. The molecule has 3 aliphatic rings. The van der Waals surface area contributed by atoms with Gasteiger partial charge in [0.15, 0.2) is 0 Å². The molecule has 3 amide bonds. The van der Waals surface area contributed by atoms with Crippen molar-refractivity contribution in [3.05, 3.63) is 49.6 Å². The molecule has 0 aliphatic carbocycles. The van der Waals surface area contributed by atoms with Gasteiger partial charge in [-0.15, -0.1) is 13.2 Å². The van der Waals surface area contributed by atoms with E-state index in [4.69, 9.17) is 4.74 Å². The maximum Gasteiger partial charge on any atom is 0.253 e. The summed E-state index contributed by atoms with van der Waals surface area (Å²) < 4.78 is 6.90. The summed E-state index contributed by atoms with van der Waals surface area (Å²) in [6.45, 7) is 21.7. The quantitative estimate of drug-likeness (QED) is 0.350. The second kappa shape index (κ2) is 12.4. The van der Waals surface area contributed by atoms with E-state index < -0.39 is 35.1 Å². The van der Waals surface area contributed by atoms with Crippen LogP contribution in [0.5, 0.6) is 0 Å². The Morgan fingerprint density at radius 1 is 1.09 bits per heavy atom. The smallest absolute Gasteiger partial charge is 0.253 e. The lowest BCUT2D eigenvalue weighted by atomic mass is 9.62. The number of fused-ring (bicyclic) bond motifs is 1. The average molecular weight is 595 g/mol.